The van der Waals surface area contributed by atoms with Crippen molar-refractivity contribution in [1.29, 1.82) is 5.26 Å². The number of hydrogen-bond donors (Lipinski definition) is 1. The molecule has 0 unspecified atom stereocenters. The number of benzene rings is 3. The van der Waals surface area contributed by atoms with Crippen molar-refractivity contribution in [2.45, 2.75) is 0 Å². The SMILES string of the molecule is N#Cc1ccc(OC(=O)c2ccc(OC(=O)c3ccc(N)cc3)cc2)cc1. The van der Waals surface area contributed by atoms with Crippen molar-refractivity contribution in [2.75, 3.05) is 5.73 Å². The molecule has 0 heterocycles. The highest BCUT2D eigenvalue weighted by Crippen LogP contribution is 2.18. The summed E-state index contributed by atoms with van der Waals surface area (Å²) in [5.74, 6) is -0.455. The van der Waals surface area contributed by atoms with E-state index in [1.807, 2.05) is 6.07 Å². The van der Waals surface area contributed by atoms with Gasteiger partial charge in [0.1, 0.15) is 11.5 Å². The number of anilines is 1. The van der Waals surface area contributed by atoms with E-state index in [1.54, 1.807) is 48.5 Å². The minimum Gasteiger partial charge on any atom is -0.423 e. The van der Waals surface area contributed by atoms with Gasteiger partial charge >= 0.3 is 11.9 Å². The average Bonchev–Trinajstić information content (AvgIpc) is 2.69. The van der Waals surface area contributed by atoms with Crippen LogP contribution in [0.15, 0.2) is 72.8 Å². The normalized spacial score (nSPS) is 9.89. The average molecular weight is 358 g/mol. The molecule has 0 aliphatic heterocycles. The summed E-state index contributed by atoms with van der Waals surface area (Å²) in [6, 6.07) is 20.5. The van der Waals surface area contributed by atoms with Crippen LogP contribution in [-0.4, -0.2) is 11.9 Å². The summed E-state index contributed by atoms with van der Waals surface area (Å²) in [4.78, 5) is 24.2. The molecule has 0 aromatic heterocycles. The minimum atomic E-state index is -0.559. The Balaban J connectivity index is 1.63. The topological polar surface area (TPSA) is 102 Å². The third-order valence-electron chi connectivity index (χ3n) is 3.64. The van der Waals surface area contributed by atoms with Crippen molar-refractivity contribution in [3.05, 3.63) is 89.5 Å². The molecule has 132 valence electrons. The van der Waals surface area contributed by atoms with Crippen molar-refractivity contribution >= 4 is 17.6 Å². The second-order valence-corrected chi connectivity index (χ2v) is 5.56. The van der Waals surface area contributed by atoms with Crippen molar-refractivity contribution < 1.29 is 19.1 Å². The van der Waals surface area contributed by atoms with Gasteiger partial charge in [0, 0.05) is 5.69 Å². The Bertz CT molecular complexity index is 1000. The van der Waals surface area contributed by atoms with Gasteiger partial charge < -0.3 is 15.2 Å². The third-order valence-corrected chi connectivity index (χ3v) is 3.64. The lowest BCUT2D eigenvalue weighted by Crippen LogP contribution is -2.10. The molecule has 0 amide bonds. The Morgan fingerprint density at radius 2 is 1.11 bits per heavy atom. The number of rotatable bonds is 4. The van der Waals surface area contributed by atoms with Gasteiger partial charge in [-0.3, -0.25) is 0 Å². The fraction of sp³-hybridized carbons (Fsp3) is 0. The van der Waals surface area contributed by atoms with Gasteiger partial charge in [0.15, 0.2) is 0 Å². The van der Waals surface area contributed by atoms with Gasteiger partial charge in [-0.1, -0.05) is 0 Å². The predicted molar refractivity (Wildman–Crippen MR) is 98.4 cm³/mol. The van der Waals surface area contributed by atoms with E-state index >= 15 is 0 Å². The van der Waals surface area contributed by atoms with Crippen molar-refractivity contribution in [1.82, 2.24) is 0 Å². The maximum absolute atomic E-state index is 12.1. The van der Waals surface area contributed by atoms with E-state index < -0.39 is 11.9 Å². The van der Waals surface area contributed by atoms with Crippen LogP contribution in [0.2, 0.25) is 0 Å². The zero-order valence-corrected chi connectivity index (χ0v) is 14.1. The lowest BCUT2D eigenvalue weighted by atomic mass is 10.2. The number of nitrogens with zero attached hydrogens (tertiary/aromatic N) is 1. The molecule has 0 spiro atoms. The fourth-order valence-corrected chi connectivity index (χ4v) is 2.21. The summed E-state index contributed by atoms with van der Waals surface area (Å²) in [7, 11) is 0. The molecule has 6 nitrogen and oxygen atoms in total. The zero-order valence-electron chi connectivity index (χ0n) is 14.1. The van der Waals surface area contributed by atoms with Crippen LogP contribution in [0.4, 0.5) is 5.69 Å². The first-order valence-corrected chi connectivity index (χ1v) is 7.95. The number of nitrogen functional groups attached to an aromatic ring is 1. The standard InChI is InChI=1S/C21H14N2O4/c22-13-14-1-9-18(10-2-14)26-21(25)16-5-11-19(12-6-16)27-20(24)15-3-7-17(23)8-4-15/h1-12H,23H2. The zero-order chi connectivity index (χ0) is 19.2. The van der Waals surface area contributed by atoms with Gasteiger partial charge in [0.05, 0.1) is 22.8 Å². The first-order valence-electron chi connectivity index (χ1n) is 7.95. The smallest absolute Gasteiger partial charge is 0.343 e. The van der Waals surface area contributed by atoms with E-state index in [0.29, 0.717) is 33.9 Å². The Labute approximate surface area is 155 Å². The Morgan fingerprint density at radius 1 is 0.704 bits per heavy atom. The number of hydrogen-bond acceptors (Lipinski definition) is 6. The van der Waals surface area contributed by atoms with Crippen molar-refractivity contribution in [3.8, 4) is 17.6 Å². The van der Waals surface area contributed by atoms with Crippen LogP contribution in [0.25, 0.3) is 0 Å². The molecule has 0 saturated carbocycles. The highest BCUT2D eigenvalue weighted by Gasteiger charge is 2.11. The maximum atomic E-state index is 12.1. The van der Waals surface area contributed by atoms with E-state index in [4.69, 9.17) is 20.5 Å². The first kappa shape index (κ1) is 17.7. The van der Waals surface area contributed by atoms with Crippen molar-refractivity contribution in [2.24, 2.45) is 0 Å². The molecule has 0 aliphatic rings. The molecule has 0 atom stereocenters. The Hall–Kier alpha value is -4.11. The van der Waals surface area contributed by atoms with Gasteiger partial charge in [-0.25, -0.2) is 9.59 Å². The number of carbonyl (C=O) groups is 2. The highest BCUT2D eigenvalue weighted by molar-refractivity contribution is 5.92. The molecule has 6 heteroatoms. The van der Waals surface area contributed by atoms with Crippen LogP contribution in [0.5, 0.6) is 11.5 Å². The molecule has 0 fully saturated rings. The molecular formula is C21H14N2O4. The molecular weight excluding hydrogens is 344 g/mol. The van der Waals surface area contributed by atoms with E-state index in [2.05, 4.69) is 0 Å². The van der Waals surface area contributed by atoms with Crippen LogP contribution in [0.1, 0.15) is 26.3 Å². The van der Waals surface area contributed by atoms with Crippen LogP contribution in [0, 0.1) is 11.3 Å². The van der Waals surface area contributed by atoms with Crippen LogP contribution in [0.3, 0.4) is 0 Å². The molecule has 27 heavy (non-hydrogen) atoms. The van der Waals surface area contributed by atoms with Crippen molar-refractivity contribution in [3.63, 3.8) is 0 Å². The molecule has 3 rings (SSSR count). The van der Waals surface area contributed by atoms with E-state index in [-0.39, 0.29) is 0 Å². The van der Waals surface area contributed by atoms with E-state index in [1.165, 1.54) is 24.3 Å². The second-order valence-electron chi connectivity index (χ2n) is 5.56. The fourth-order valence-electron chi connectivity index (χ4n) is 2.21. The number of nitrogens with two attached hydrogens (primary N) is 1. The van der Waals surface area contributed by atoms with Gasteiger partial charge in [0.2, 0.25) is 0 Å². The molecule has 0 aliphatic carbocycles. The first-order chi connectivity index (χ1) is 13.0. The molecule has 3 aromatic rings. The summed E-state index contributed by atoms with van der Waals surface area (Å²) >= 11 is 0. The van der Waals surface area contributed by atoms with Crippen LogP contribution < -0.4 is 15.2 Å². The number of ether oxygens (including phenoxy) is 2. The number of carbonyl (C=O) groups excluding carboxylic acids is 2. The quantitative estimate of drug-likeness (QED) is 0.434. The monoisotopic (exact) mass is 358 g/mol. The van der Waals surface area contributed by atoms with E-state index in [9.17, 15) is 9.59 Å². The molecule has 0 saturated heterocycles. The lowest BCUT2D eigenvalue weighted by Gasteiger charge is -2.07. The molecule has 0 bridgehead atoms. The largest absolute Gasteiger partial charge is 0.423 e. The Morgan fingerprint density at radius 3 is 1.56 bits per heavy atom. The molecule has 2 N–H and O–H groups in total. The van der Waals surface area contributed by atoms with E-state index in [0.717, 1.165) is 0 Å². The highest BCUT2D eigenvalue weighted by atomic mass is 16.5. The van der Waals surface area contributed by atoms with Gasteiger partial charge in [-0.15, -0.1) is 0 Å². The summed E-state index contributed by atoms with van der Waals surface area (Å²) in [6.45, 7) is 0. The Kier molecular flexibility index (Phi) is 5.15. The van der Waals surface area contributed by atoms with Gasteiger partial charge in [-0.2, -0.15) is 5.26 Å². The lowest BCUT2D eigenvalue weighted by molar-refractivity contribution is 0.0730. The third kappa shape index (κ3) is 4.50. The number of esters is 2. The minimum absolute atomic E-state index is 0.298. The molecule has 3 aromatic carbocycles. The van der Waals surface area contributed by atoms with Crippen LogP contribution >= 0.6 is 0 Å². The maximum Gasteiger partial charge on any atom is 0.343 e. The van der Waals surface area contributed by atoms with Gasteiger partial charge in [0.25, 0.3) is 0 Å². The summed E-state index contributed by atoms with van der Waals surface area (Å²) in [6.07, 6.45) is 0. The van der Waals surface area contributed by atoms with Crippen LogP contribution in [-0.2, 0) is 0 Å². The number of nitriles is 1. The molecule has 0 radical (unpaired) electrons. The summed E-state index contributed by atoms with van der Waals surface area (Å²) in [5.41, 5.74) is 7.28. The predicted octanol–water partition coefficient (Wildman–Crippen LogP) is 3.58. The summed E-state index contributed by atoms with van der Waals surface area (Å²) in [5, 5.41) is 8.76. The van der Waals surface area contributed by atoms with Gasteiger partial charge in [-0.05, 0) is 72.8 Å². The summed E-state index contributed by atoms with van der Waals surface area (Å²) < 4.78 is 10.5. The second kappa shape index (κ2) is 7.85.